The fourth-order valence-electron chi connectivity index (χ4n) is 2.46. The second kappa shape index (κ2) is 5.15. The molecule has 2 rings (SSSR count). The molecule has 0 aromatic heterocycles. The first-order valence-electron chi connectivity index (χ1n) is 6.30. The summed E-state index contributed by atoms with van der Waals surface area (Å²) in [7, 11) is 0. The molecule has 0 spiro atoms. The van der Waals surface area contributed by atoms with Crippen molar-refractivity contribution in [2.75, 3.05) is 26.3 Å². The van der Waals surface area contributed by atoms with Crippen LogP contribution >= 0.6 is 0 Å². The number of nitrogens with one attached hydrogen (secondary N) is 2. The Hall–Kier alpha value is -0.610. The van der Waals surface area contributed by atoms with E-state index in [-0.39, 0.29) is 17.4 Å². The Bertz CT molecular complexity index is 243. The lowest BCUT2D eigenvalue weighted by atomic mass is 9.89. The van der Waals surface area contributed by atoms with Crippen molar-refractivity contribution in [1.82, 2.24) is 10.6 Å². The molecular weight excluding hydrogens is 204 g/mol. The molecule has 1 amide bonds. The van der Waals surface area contributed by atoms with Gasteiger partial charge in [-0.05, 0) is 45.7 Å². The minimum atomic E-state index is 0.000633. The van der Waals surface area contributed by atoms with Gasteiger partial charge in [0, 0.05) is 24.7 Å². The van der Waals surface area contributed by atoms with E-state index in [4.69, 9.17) is 4.74 Å². The van der Waals surface area contributed by atoms with Crippen molar-refractivity contribution in [2.45, 2.75) is 38.1 Å². The predicted molar refractivity (Wildman–Crippen MR) is 62.2 cm³/mol. The molecule has 0 aliphatic carbocycles. The molecule has 2 aliphatic heterocycles. The summed E-state index contributed by atoms with van der Waals surface area (Å²) in [6.07, 6.45) is 3.81. The largest absolute Gasteiger partial charge is 0.381 e. The van der Waals surface area contributed by atoms with Gasteiger partial charge in [0.05, 0.1) is 0 Å². The van der Waals surface area contributed by atoms with E-state index in [1.165, 1.54) is 0 Å². The molecule has 4 heteroatoms. The number of carbonyl (C=O) groups is 1. The molecule has 92 valence electrons. The molecule has 0 aromatic rings. The molecule has 2 heterocycles. The van der Waals surface area contributed by atoms with Crippen molar-refractivity contribution >= 4 is 5.91 Å². The van der Waals surface area contributed by atoms with Gasteiger partial charge in [0.1, 0.15) is 0 Å². The summed E-state index contributed by atoms with van der Waals surface area (Å²) in [6.45, 7) is 5.63. The molecule has 2 N–H and O–H groups in total. The third-order valence-electron chi connectivity index (χ3n) is 3.72. The quantitative estimate of drug-likeness (QED) is 0.727. The zero-order valence-electron chi connectivity index (χ0n) is 10.1. The summed E-state index contributed by atoms with van der Waals surface area (Å²) in [5, 5.41) is 6.55. The van der Waals surface area contributed by atoms with E-state index in [0.29, 0.717) is 0 Å². The van der Waals surface area contributed by atoms with Gasteiger partial charge in [-0.2, -0.15) is 0 Å². The maximum Gasteiger partial charge on any atom is 0.223 e. The number of piperidine rings is 1. The van der Waals surface area contributed by atoms with E-state index in [9.17, 15) is 4.79 Å². The molecule has 0 bridgehead atoms. The lowest BCUT2D eigenvalue weighted by Gasteiger charge is -2.36. The van der Waals surface area contributed by atoms with Gasteiger partial charge in [0.2, 0.25) is 5.91 Å². The van der Waals surface area contributed by atoms with Crippen LogP contribution in [0.2, 0.25) is 0 Å². The Balaban J connectivity index is 1.85. The minimum Gasteiger partial charge on any atom is -0.381 e. The Morgan fingerprint density at radius 2 is 1.94 bits per heavy atom. The lowest BCUT2D eigenvalue weighted by molar-refractivity contribution is -0.130. The highest BCUT2D eigenvalue weighted by Gasteiger charge is 2.31. The van der Waals surface area contributed by atoms with Crippen molar-refractivity contribution in [3.8, 4) is 0 Å². The minimum absolute atomic E-state index is 0.000633. The van der Waals surface area contributed by atoms with Crippen molar-refractivity contribution in [2.24, 2.45) is 5.92 Å². The number of ether oxygens (including phenoxy) is 1. The molecule has 0 atom stereocenters. The molecule has 2 aliphatic rings. The van der Waals surface area contributed by atoms with Gasteiger partial charge < -0.3 is 15.4 Å². The number of amides is 1. The third-order valence-corrected chi connectivity index (χ3v) is 3.72. The maximum atomic E-state index is 12.1. The highest BCUT2D eigenvalue weighted by molar-refractivity contribution is 5.79. The number of carbonyl (C=O) groups excluding carboxylic acids is 1. The zero-order chi connectivity index (χ0) is 11.4. The summed E-state index contributed by atoms with van der Waals surface area (Å²) in [6, 6.07) is 0. The lowest BCUT2D eigenvalue weighted by Crippen LogP contribution is -2.54. The van der Waals surface area contributed by atoms with Gasteiger partial charge in [-0.3, -0.25) is 4.79 Å². The van der Waals surface area contributed by atoms with Crippen LogP contribution in [-0.4, -0.2) is 37.7 Å². The van der Waals surface area contributed by atoms with E-state index < -0.39 is 0 Å². The predicted octanol–water partition coefficient (Wildman–Crippen LogP) is 0.671. The fraction of sp³-hybridized carbons (Fsp3) is 0.917. The molecule has 4 nitrogen and oxygen atoms in total. The van der Waals surface area contributed by atoms with Crippen molar-refractivity contribution in [3.05, 3.63) is 0 Å². The SMILES string of the molecule is CC1(NC(=O)C2CCOCC2)CCNCC1. The normalized spacial score (nSPS) is 26.3. The second-order valence-corrected chi connectivity index (χ2v) is 5.19. The van der Waals surface area contributed by atoms with Gasteiger partial charge in [0.15, 0.2) is 0 Å². The van der Waals surface area contributed by atoms with E-state index in [1.807, 2.05) is 0 Å². The van der Waals surface area contributed by atoms with Crippen LogP contribution in [0.4, 0.5) is 0 Å². The van der Waals surface area contributed by atoms with Gasteiger partial charge in [-0.1, -0.05) is 0 Å². The Morgan fingerprint density at radius 3 is 2.56 bits per heavy atom. The first-order chi connectivity index (χ1) is 7.70. The van der Waals surface area contributed by atoms with Crippen LogP contribution in [-0.2, 0) is 9.53 Å². The standard InChI is InChI=1S/C12H22N2O2/c1-12(4-6-13-7-5-12)14-11(15)10-2-8-16-9-3-10/h10,13H,2-9H2,1H3,(H,14,15). The average Bonchev–Trinajstić information content (AvgIpc) is 2.30. The van der Waals surface area contributed by atoms with Crippen LogP contribution in [0.15, 0.2) is 0 Å². The highest BCUT2D eigenvalue weighted by atomic mass is 16.5. The number of hydrogen-bond acceptors (Lipinski definition) is 3. The summed E-state index contributed by atoms with van der Waals surface area (Å²) in [5.74, 6) is 0.396. The van der Waals surface area contributed by atoms with Crippen LogP contribution in [0.5, 0.6) is 0 Å². The summed E-state index contributed by atoms with van der Waals surface area (Å²) in [4.78, 5) is 12.1. The van der Waals surface area contributed by atoms with E-state index in [2.05, 4.69) is 17.6 Å². The molecule has 2 saturated heterocycles. The Kier molecular flexibility index (Phi) is 3.82. The second-order valence-electron chi connectivity index (χ2n) is 5.19. The first kappa shape index (κ1) is 11.9. The molecule has 2 fully saturated rings. The van der Waals surface area contributed by atoms with E-state index >= 15 is 0 Å². The fourth-order valence-corrected chi connectivity index (χ4v) is 2.46. The van der Waals surface area contributed by atoms with Gasteiger partial charge >= 0.3 is 0 Å². The van der Waals surface area contributed by atoms with Crippen LogP contribution in [0.1, 0.15) is 32.6 Å². The molecule has 0 saturated carbocycles. The third kappa shape index (κ3) is 2.95. The van der Waals surface area contributed by atoms with Crippen molar-refractivity contribution in [3.63, 3.8) is 0 Å². The number of rotatable bonds is 2. The summed E-state index contributed by atoms with van der Waals surface area (Å²) in [5.41, 5.74) is 0.000633. The molecule has 16 heavy (non-hydrogen) atoms. The van der Waals surface area contributed by atoms with Crippen LogP contribution in [0, 0.1) is 5.92 Å². The highest BCUT2D eigenvalue weighted by Crippen LogP contribution is 2.20. The van der Waals surface area contributed by atoms with Gasteiger partial charge in [-0.15, -0.1) is 0 Å². The molecule has 0 radical (unpaired) electrons. The monoisotopic (exact) mass is 226 g/mol. The van der Waals surface area contributed by atoms with E-state index in [0.717, 1.165) is 52.0 Å². The van der Waals surface area contributed by atoms with Crippen LogP contribution in [0.3, 0.4) is 0 Å². The smallest absolute Gasteiger partial charge is 0.223 e. The molecule has 0 aromatic carbocycles. The number of hydrogen-bond donors (Lipinski definition) is 2. The van der Waals surface area contributed by atoms with Crippen molar-refractivity contribution in [1.29, 1.82) is 0 Å². The Labute approximate surface area is 97.1 Å². The molecule has 0 unspecified atom stereocenters. The van der Waals surface area contributed by atoms with Gasteiger partial charge in [0.25, 0.3) is 0 Å². The average molecular weight is 226 g/mol. The Morgan fingerprint density at radius 1 is 1.31 bits per heavy atom. The first-order valence-corrected chi connectivity index (χ1v) is 6.30. The summed E-state index contributed by atoms with van der Waals surface area (Å²) < 4.78 is 5.27. The van der Waals surface area contributed by atoms with Crippen LogP contribution < -0.4 is 10.6 Å². The maximum absolute atomic E-state index is 12.1. The van der Waals surface area contributed by atoms with Crippen LogP contribution in [0.25, 0.3) is 0 Å². The topological polar surface area (TPSA) is 50.4 Å². The van der Waals surface area contributed by atoms with E-state index in [1.54, 1.807) is 0 Å². The summed E-state index contributed by atoms with van der Waals surface area (Å²) >= 11 is 0. The van der Waals surface area contributed by atoms with Crippen molar-refractivity contribution < 1.29 is 9.53 Å². The molecular formula is C12H22N2O2. The van der Waals surface area contributed by atoms with Gasteiger partial charge in [-0.25, -0.2) is 0 Å². The zero-order valence-corrected chi connectivity index (χ0v) is 10.1.